The Balaban J connectivity index is 1.61. The molecule has 24 heavy (non-hydrogen) atoms. The second kappa shape index (κ2) is 6.28. The van der Waals surface area contributed by atoms with Gasteiger partial charge in [-0.05, 0) is 29.7 Å². The first-order valence-corrected chi connectivity index (χ1v) is 8.10. The van der Waals surface area contributed by atoms with E-state index in [0.717, 1.165) is 33.0 Å². The molecule has 0 aliphatic heterocycles. The molecule has 3 heteroatoms. The first-order chi connectivity index (χ1) is 11.8. The molecule has 0 N–H and O–H groups in total. The van der Waals surface area contributed by atoms with Crippen molar-refractivity contribution >= 4 is 28.7 Å². The lowest BCUT2D eigenvalue weighted by Gasteiger charge is -2.16. The minimum absolute atomic E-state index is 0.387. The van der Waals surface area contributed by atoms with Gasteiger partial charge in [-0.15, -0.1) is 0 Å². The predicted octanol–water partition coefficient (Wildman–Crippen LogP) is 5.57. The van der Waals surface area contributed by atoms with Crippen molar-refractivity contribution < 1.29 is 9.31 Å². The fraction of sp³-hybridized carbons (Fsp3) is 0.0476. The highest BCUT2D eigenvalue weighted by Crippen LogP contribution is 2.28. The van der Waals surface area contributed by atoms with Crippen LogP contribution in [0.2, 0.25) is 6.82 Å². The fourth-order valence-electron chi connectivity index (χ4n) is 2.98. The Morgan fingerprint density at radius 2 is 0.958 bits per heavy atom. The summed E-state index contributed by atoms with van der Waals surface area (Å²) < 4.78 is 12.1. The van der Waals surface area contributed by atoms with Gasteiger partial charge in [0.15, 0.2) is 0 Å². The Labute approximate surface area is 141 Å². The summed E-state index contributed by atoms with van der Waals surface area (Å²) in [5.74, 6) is 1.67. The number of rotatable bonds is 4. The summed E-state index contributed by atoms with van der Waals surface area (Å²) in [5, 5.41) is 4.50. The molecule has 4 rings (SSSR count). The average molecular weight is 312 g/mol. The molecule has 0 radical (unpaired) electrons. The first-order valence-electron chi connectivity index (χ1n) is 8.10. The molecule has 0 aromatic heterocycles. The molecule has 0 atom stereocenters. The molecule has 0 saturated carbocycles. The molecule has 0 fully saturated rings. The molecule has 0 saturated heterocycles. The van der Waals surface area contributed by atoms with Gasteiger partial charge in [0.1, 0.15) is 11.5 Å². The van der Waals surface area contributed by atoms with E-state index >= 15 is 0 Å². The molecule has 0 unspecified atom stereocenters. The van der Waals surface area contributed by atoms with Crippen molar-refractivity contribution in [2.45, 2.75) is 6.82 Å². The van der Waals surface area contributed by atoms with E-state index in [-0.39, 0.29) is 7.12 Å². The summed E-state index contributed by atoms with van der Waals surface area (Å²) in [5.41, 5.74) is 0. The molecule has 116 valence electrons. The predicted molar refractivity (Wildman–Crippen MR) is 101 cm³/mol. The van der Waals surface area contributed by atoms with Gasteiger partial charge < -0.3 is 9.31 Å². The SMILES string of the molecule is CB(Oc1cccc2ccccc12)Oc1cccc2ccccc12. The lowest BCUT2D eigenvalue weighted by atomic mass is 9.94. The summed E-state index contributed by atoms with van der Waals surface area (Å²) in [6.07, 6.45) is 0. The van der Waals surface area contributed by atoms with Crippen molar-refractivity contribution in [2.75, 3.05) is 0 Å². The minimum atomic E-state index is -0.387. The standard InChI is InChI=1S/C21H17BO2/c1-22(23-20-14-6-10-16-8-2-4-12-18(16)20)24-21-15-7-11-17-9-3-5-13-19(17)21/h2-15H,1H3. The van der Waals surface area contributed by atoms with Crippen molar-refractivity contribution in [3.8, 4) is 11.5 Å². The van der Waals surface area contributed by atoms with E-state index in [1.807, 2.05) is 55.4 Å². The van der Waals surface area contributed by atoms with Gasteiger partial charge in [-0.1, -0.05) is 72.8 Å². The van der Waals surface area contributed by atoms with Crippen molar-refractivity contribution in [2.24, 2.45) is 0 Å². The van der Waals surface area contributed by atoms with Crippen LogP contribution in [-0.4, -0.2) is 7.12 Å². The van der Waals surface area contributed by atoms with E-state index in [1.54, 1.807) is 0 Å². The van der Waals surface area contributed by atoms with Crippen LogP contribution in [0, 0.1) is 0 Å². The van der Waals surface area contributed by atoms with Crippen LogP contribution in [0.25, 0.3) is 21.5 Å². The fourth-order valence-corrected chi connectivity index (χ4v) is 2.98. The number of hydrogen-bond acceptors (Lipinski definition) is 2. The zero-order valence-electron chi connectivity index (χ0n) is 13.5. The third-order valence-electron chi connectivity index (χ3n) is 4.09. The van der Waals surface area contributed by atoms with Crippen LogP contribution in [0.4, 0.5) is 0 Å². The third-order valence-corrected chi connectivity index (χ3v) is 4.09. The summed E-state index contributed by atoms with van der Waals surface area (Å²) >= 11 is 0. The molecule has 0 spiro atoms. The molecular formula is C21H17BO2. The van der Waals surface area contributed by atoms with Crippen LogP contribution >= 0.6 is 0 Å². The van der Waals surface area contributed by atoms with Gasteiger partial charge in [0.25, 0.3) is 0 Å². The van der Waals surface area contributed by atoms with Gasteiger partial charge in [0.05, 0.1) is 0 Å². The molecule has 4 aromatic carbocycles. The van der Waals surface area contributed by atoms with E-state index in [1.165, 1.54) is 0 Å². The third kappa shape index (κ3) is 2.81. The largest absolute Gasteiger partial charge is 0.591 e. The Bertz CT molecular complexity index is 905. The van der Waals surface area contributed by atoms with Crippen LogP contribution in [0.3, 0.4) is 0 Å². The summed E-state index contributed by atoms with van der Waals surface area (Å²) in [7, 11) is -0.387. The molecule has 0 bridgehead atoms. The van der Waals surface area contributed by atoms with Crippen molar-refractivity contribution in [1.29, 1.82) is 0 Å². The molecule has 0 aliphatic carbocycles. The Morgan fingerprint density at radius 1 is 0.542 bits per heavy atom. The van der Waals surface area contributed by atoms with Gasteiger partial charge in [-0.2, -0.15) is 0 Å². The van der Waals surface area contributed by atoms with Crippen LogP contribution in [0.15, 0.2) is 84.9 Å². The Morgan fingerprint density at radius 3 is 1.46 bits per heavy atom. The maximum Gasteiger partial charge on any atom is 0.591 e. The molecule has 4 aromatic rings. The Kier molecular flexibility index (Phi) is 3.83. The van der Waals surface area contributed by atoms with Crippen LogP contribution in [0.5, 0.6) is 11.5 Å². The molecule has 2 nitrogen and oxygen atoms in total. The van der Waals surface area contributed by atoms with E-state index in [9.17, 15) is 0 Å². The highest BCUT2D eigenvalue weighted by molar-refractivity contribution is 6.45. The zero-order valence-corrected chi connectivity index (χ0v) is 13.5. The topological polar surface area (TPSA) is 18.5 Å². The maximum atomic E-state index is 6.06. The summed E-state index contributed by atoms with van der Waals surface area (Å²) in [6, 6.07) is 28.5. The van der Waals surface area contributed by atoms with Gasteiger partial charge in [0, 0.05) is 10.8 Å². The smallest absolute Gasteiger partial charge is 0.525 e. The number of hydrogen-bond donors (Lipinski definition) is 0. The van der Waals surface area contributed by atoms with Crippen molar-refractivity contribution in [3.63, 3.8) is 0 Å². The minimum Gasteiger partial charge on any atom is -0.525 e. The normalized spacial score (nSPS) is 10.7. The van der Waals surface area contributed by atoms with Crippen LogP contribution < -0.4 is 9.31 Å². The molecule has 0 heterocycles. The van der Waals surface area contributed by atoms with Gasteiger partial charge in [-0.3, -0.25) is 0 Å². The zero-order chi connectivity index (χ0) is 16.4. The van der Waals surface area contributed by atoms with Gasteiger partial charge in [-0.25, -0.2) is 0 Å². The Hall–Kier alpha value is -2.94. The highest BCUT2D eigenvalue weighted by Gasteiger charge is 2.17. The molecule has 0 aliphatic rings. The van der Waals surface area contributed by atoms with Crippen molar-refractivity contribution in [3.05, 3.63) is 84.9 Å². The van der Waals surface area contributed by atoms with E-state index < -0.39 is 0 Å². The lowest BCUT2D eigenvalue weighted by Crippen LogP contribution is -2.25. The van der Waals surface area contributed by atoms with Crippen molar-refractivity contribution in [1.82, 2.24) is 0 Å². The second-order valence-electron chi connectivity index (χ2n) is 5.76. The van der Waals surface area contributed by atoms with E-state index in [0.29, 0.717) is 0 Å². The highest BCUT2D eigenvalue weighted by atomic mass is 16.6. The van der Waals surface area contributed by atoms with E-state index in [2.05, 4.69) is 36.4 Å². The number of fused-ring (bicyclic) bond motifs is 2. The summed E-state index contributed by atoms with van der Waals surface area (Å²) in [4.78, 5) is 0. The van der Waals surface area contributed by atoms with E-state index in [4.69, 9.17) is 9.31 Å². The van der Waals surface area contributed by atoms with Gasteiger partial charge in [0.2, 0.25) is 0 Å². The number of benzene rings is 4. The monoisotopic (exact) mass is 312 g/mol. The van der Waals surface area contributed by atoms with Gasteiger partial charge >= 0.3 is 7.12 Å². The summed E-state index contributed by atoms with van der Waals surface area (Å²) in [6.45, 7) is 1.92. The van der Waals surface area contributed by atoms with Crippen LogP contribution in [0.1, 0.15) is 0 Å². The van der Waals surface area contributed by atoms with Crippen LogP contribution in [-0.2, 0) is 0 Å². The maximum absolute atomic E-state index is 6.06. The lowest BCUT2D eigenvalue weighted by molar-refractivity contribution is 0.437. The quantitative estimate of drug-likeness (QED) is 0.459. The molecular weight excluding hydrogens is 295 g/mol. The average Bonchev–Trinajstić information content (AvgIpc) is 2.62. The first kappa shape index (κ1) is 14.6. The second-order valence-corrected chi connectivity index (χ2v) is 5.76. The molecule has 0 amide bonds.